The van der Waals surface area contributed by atoms with E-state index in [1.54, 1.807) is 26.4 Å². The SMILES string of the molecule is CCc1ccc(Nc2nsnc2N[C@H](CC)c2cc(C(C)C)co2)c(O)c1C(=O)N(C)C. The highest BCUT2D eigenvalue weighted by molar-refractivity contribution is 6.99. The van der Waals surface area contributed by atoms with E-state index in [0.29, 0.717) is 35.2 Å². The van der Waals surface area contributed by atoms with Crippen molar-refractivity contribution in [1.82, 2.24) is 13.6 Å². The predicted molar refractivity (Wildman–Crippen MR) is 128 cm³/mol. The topological polar surface area (TPSA) is 104 Å². The van der Waals surface area contributed by atoms with Crippen LogP contribution in [0, 0.1) is 0 Å². The summed E-state index contributed by atoms with van der Waals surface area (Å²) >= 11 is 1.06. The van der Waals surface area contributed by atoms with E-state index in [9.17, 15) is 9.90 Å². The van der Waals surface area contributed by atoms with Gasteiger partial charge in [-0.1, -0.05) is 33.8 Å². The van der Waals surface area contributed by atoms with Gasteiger partial charge in [-0.05, 0) is 42.0 Å². The third-order valence-electron chi connectivity index (χ3n) is 5.38. The van der Waals surface area contributed by atoms with E-state index in [4.69, 9.17) is 4.42 Å². The number of carbonyl (C=O) groups is 1. The van der Waals surface area contributed by atoms with E-state index >= 15 is 0 Å². The van der Waals surface area contributed by atoms with Crippen molar-refractivity contribution in [3.63, 3.8) is 0 Å². The van der Waals surface area contributed by atoms with Crippen LogP contribution in [0.2, 0.25) is 0 Å². The third-order valence-corrected chi connectivity index (χ3v) is 5.90. The zero-order valence-corrected chi connectivity index (χ0v) is 20.2. The van der Waals surface area contributed by atoms with Crippen molar-refractivity contribution in [3.8, 4) is 5.75 Å². The molecule has 3 rings (SSSR count). The van der Waals surface area contributed by atoms with Gasteiger partial charge in [-0.2, -0.15) is 8.75 Å². The normalized spacial score (nSPS) is 12.1. The van der Waals surface area contributed by atoms with Crippen LogP contribution in [-0.4, -0.2) is 38.8 Å². The van der Waals surface area contributed by atoms with Crippen molar-refractivity contribution in [2.75, 3.05) is 24.7 Å². The van der Waals surface area contributed by atoms with Gasteiger partial charge in [0.2, 0.25) is 0 Å². The van der Waals surface area contributed by atoms with Gasteiger partial charge >= 0.3 is 0 Å². The van der Waals surface area contributed by atoms with E-state index in [1.165, 1.54) is 4.90 Å². The Bertz CT molecular complexity index is 1070. The van der Waals surface area contributed by atoms with Gasteiger partial charge in [0.05, 0.1) is 35.3 Å². The minimum absolute atomic E-state index is 0.0751. The molecule has 0 saturated heterocycles. The molecule has 1 aromatic carbocycles. The van der Waals surface area contributed by atoms with Gasteiger partial charge in [-0.3, -0.25) is 4.79 Å². The number of amides is 1. The zero-order valence-electron chi connectivity index (χ0n) is 19.4. The molecule has 8 nitrogen and oxygen atoms in total. The second-order valence-electron chi connectivity index (χ2n) is 8.18. The molecule has 2 heterocycles. The molecule has 3 N–H and O–H groups in total. The fourth-order valence-corrected chi connectivity index (χ4v) is 3.85. The molecular formula is C23H31N5O3S. The molecule has 3 aromatic rings. The molecule has 0 bridgehead atoms. The molecule has 0 spiro atoms. The van der Waals surface area contributed by atoms with Gasteiger partial charge in [-0.25, -0.2) is 0 Å². The number of furan rings is 1. The number of carbonyl (C=O) groups excluding carboxylic acids is 1. The number of aromatic hydroxyl groups is 1. The molecule has 9 heteroatoms. The first-order chi connectivity index (χ1) is 15.3. The molecule has 172 valence electrons. The van der Waals surface area contributed by atoms with Crippen LogP contribution >= 0.6 is 11.7 Å². The van der Waals surface area contributed by atoms with E-state index in [0.717, 1.165) is 35.0 Å². The van der Waals surface area contributed by atoms with E-state index in [2.05, 4.69) is 46.2 Å². The van der Waals surface area contributed by atoms with Crippen molar-refractivity contribution < 1.29 is 14.3 Å². The summed E-state index contributed by atoms with van der Waals surface area (Å²) in [5.74, 6) is 1.92. The third kappa shape index (κ3) is 4.88. The highest BCUT2D eigenvalue weighted by Crippen LogP contribution is 2.36. The summed E-state index contributed by atoms with van der Waals surface area (Å²) in [5, 5.41) is 17.4. The summed E-state index contributed by atoms with van der Waals surface area (Å²) in [6, 6.07) is 5.58. The van der Waals surface area contributed by atoms with Gasteiger partial charge in [0.25, 0.3) is 5.91 Å². The monoisotopic (exact) mass is 457 g/mol. The molecule has 2 aromatic heterocycles. The van der Waals surface area contributed by atoms with Crippen molar-refractivity contribution in [2.24, 2.45) is 0 Å². The van der Waals surface area contributed by atoms with Crippen LogP contribution in [0.1, 0.15) is 73.3 Å². The quantitative estimate of drug-likeness (QED) is 0.363. The molecule has 0 radical (unpaired) electrons. The van der Waals surface area contributed by atoms with Gasteiger partial charge in [-0.15, -0.1) is 0 Å². The number of phenols is 1. The van der Waals surface area contributed by atoms with Crippen molar-refractivity contribution in [1.29, 1.82) is 0 Å². The summed E-state index contributed by atoms with van der Waals surface area (Å²) < 4.78 is 14.5. The van der Waals surface area contributed by atoms with Crippen LogP contribution in [0.25, 0.3) is 0 Å². The average molecular weight is 458 g/mol. The first kappa shape index (κ1) is 23.6. The number of hydrogen-bond acceptors (Lipinski definition) is 8. The maximum Gasteiger partial charge on any atom is 0.257 e. The average Bonchev–Trinajstić information content (AvgIpc) is 3.42. The number of anilines is 3. The highest BCUT2D eigenvalue weighted by atomic mass is 32.1. The highest BCUT2D eigenvalue weighted by Gasteiger charge is 2.23. The molecule has 0 aliphatic heterocycles. The van der Waals surface area contributed by atoms with E-state index < -0.39 is 0 Å². The first-order valence-electron chi connectivity index (χ1n) is 10.8. The lowest BCUT2D eigenvalue weighted by molar-refractivity contribution is 0.0823. The predicted octanol–water partition coefficient (Wildman–Crippen LogP) is 5.53. The Morgan fingerprint density at radius 3 is 2.53 bits per heavy atom. The molecule has 1 amide bonds. The van der Waals surface area contributed by atoms with E-state index in [1.807, 2.05) is 13.0 Å². The van der Waals surface area contributed by atoms with Crippen LogP contribution in [0.3, 0.4) is 0 Å². The largest absolute Gasteiger partial charge is 0.505 e. The lowest BCUT2D eigenvalue weighted by atomic mass is 10.0. The standard InChI is InChI=1S/C23H31N5O3S/c1-7-14-9-10-17(20(29)19(14)23(30)28(5)6)25-22-21(26-32-27-22)24-16(8-2)18-11-15(12-31-18)13(3)4/h9-13,16,29H,7-8H2,1-6H3,(H,24,26)(H,25,27)/t16-/m1/s1. The summed E-state index contributed by atoms with van der Waals surface area (Å²) in [5.41, 5.74) is 2.63. The molecule has 0 saturated carbocycles. The van der Waals surface area contributed by atoms with Gasteiger partial charge < -0.3 is 25.1 Å². The number of aryl methyl sites for hydroxylation is 1. The minimum atomic E-state index is -0.248. The number of phenolic OH excluding ortho intramolecular Hbond substituents is 1. The first-order valence-corrected chi connectivity index (χ1v) is 11.5. The van der Waals surface area contributed by atoms with Crippen molar-refractivity contribution >= 4 is 35.0 Å². The number of hydrogen-bond donors (Lipinski definition) is 3. The summed E-state index contributed by atoms with van der Waals surface area (Å²) in [6.07, 6.45) is 3.22. The Balaban J connectivity index is 1.87. The van der Waals surface area contributed by atoms with Crippen LogP contribution in [0.15, 0.2) is 28.9 Å². The molecule has 1 atom stereocenters. The Kier molecular flexibility index (Phi) is 7.40. The second kappa shape index (κ2) is 10.0. The Labute approximate surface area is 193 Å². The lowest BCUT2D eigenvalue weighted by Crippen LogP contribution is -2.23. The smallest absolute Gasteiger partial charge is 0.257 e. The van der Waals surface area contributed by atoms with E-state index in [-0.39, 0.29) is 17.7 Å². The molecule has 0 aliphatic rings. The lowest BCUT2D eigenvalue weighted by Gasteiger charge is -2.18. The molecular weight excluding hydrogens is 426 g/mol. The fourth-order valence-electron chi connectivity index (χ4n) is 3.38. The van der Waals surface area contributed by atoms with Gasteiger partial charge in [0, 0.05) is 14.1 Å². The summed E-state index contributed by atoms with van der Waals surface area (Å²) in [4.78, 5) is 14.1. The number of nitrogens with zero attached hydrogens (tertiary/aromatic N) is 3. The molecule has 0 unspecified atom stereocenters. The zero-order chi connectivity index (χ0) is 23.4. The van der Waals surface area contributed by atoms with Crippen molar-refractivity contribution in [2.45, 2.75) is 52.5 Å². The number of rotatable bonds is 9. The second-order valence-corrected chi connectivity index (χ2v) is 8.71. The minimum Gasteiger partial charge on any atom is -0.505 e. The van der Waals surface area contributed by atoms with Crippen LogP contribution in [-0.2, 0) is 6.42 Å². The van der Waals surface area contributed by atoms with Crippen LogP contribution in [0.5, 0.6) is 5.75 Å². The van der Waals surface area contributed by atoms with Crippen LogP contribution < -0.4 is 10.6 Å². The Hall–Kier alpha value is -3.07. The van der Waals surface area contributed by atoms with Crippen molar-refractivity contribution in [3.05, 3.63) is 46.9 Å². The van der Waals surface area contributed by atoms with Crippen LogP contribution in [0.4, 0.5) is 17.3 Å². The maximum atomic E-state index is 12.6. The molecule has 0 aliphatic carbocycles. The molecule has 0 fully saturated rings. The fraction of sp³-hybridized carbons (Fsp3) is 0.435. The number of aromatic nitrogens is 2. The van der Waals surface area contributed by atoms with Gasteiger partial charge in [0.15, 0.2) is 17.4 Å². The molecule has 32 heavy (non-hydrogen) atoms. The number of benzene rings is 1. The summed E-state index contributed by atoms with van der Waals surface area (Å²) in [7, 11) is 3.33. The Morgan fingerprint density at radius 2 is 1.94 bits per heavy atom. The maximum absolute atomic E-state index is 12.6. The number of nitrogens with one attached hydrogen (secondary N) is 2. The van der Waals surface area contributed by atoms with Gasteiger partial charge in [0.1, 0.15) is 5.76 Å². The summed E-state index contributed by atoms with van der Waals surface area (Å²) in [6.45, 7) is 8.27. The Morgan fingerprint density at radius 1 is 1.22 bits per heavy atom.